The molecule has 0 aliphatic heterocycles. The Morgan fingerprint density at radius 2 is 2.46 bits per heavy atom. The lowest BCUT2D eigenvalue weighted by Crippen LogP contribution is -2.08. The Labute approximate surface area is 74.5 Å². The molecule has 5 heteroatoms. The van der Waals surface area contributed by atoms with E-state index in [0.29, 0.717) is 0 Å². The highest BCUT2D eigenvalue weighted by molar-refractivity contribution is 5.89. The molecule has 0 aromatic carbocycles. The van der Waals surface area contributed by atoms with E-state index >= 15 is 0 Å². The lowest BCUT2D eigenvalue weighted by Gasteiger charge is -2.02. The number of nitrogens with two attached hydrogens (primary N) is 1. The molecule has 4 nitrogen and oxygen atoms in total. The molecular formula is C8H9FN2O2. The number of nitrogen functional groups attached to an aromatic ring is 1. The van der Waals surface area contributed by atoms with E-state index < -0.39 is 11.8 Å². The van der Waals surface area contributed by atoms with Crippen molar-refractivity contribution in [3.63, 3.8) is 0 Å². The van der Waals surface area contributed by atoms with Gasteiger partial charge in [-0.3, -0.25) is 0 Å². The average Bonchev–Trinajstić information content (AvgIpc) is 2.04. The summed E-state index contributed by atoms with van der Waals surface area (Å²) in [6.45, 7) is 1.84. The van der Waals surface area contributed by atoms with Crippen molar-refractivity contribution >= 4 is 11.8 Å². The molecule has 70 valence electrons. The predicted molar refractivity (Wildman–Crippen MR) is 44.6 cm³/mol. The molecular weight excluding hydrogens is 175 g/mol. The van der Waals surface area contributed by atoms with Crippen LogP contribution in [0.5, 0.6) is 0 Å². The third kappa shape index (κ3) is 2.14. The van der Waals surface area contributed by atoms with E-state index in [-0.39, 0.29) is 18.0 Å². The summed E-state index contributed by atoms with van der Waals surface area (Å²) in [6.07, 6.45) is 1.06. The molecule has 1 aromatic heterocycles. The zero-order valence-corrected chi connectivity index (χ0v) is 7.08. The molecule has 0 atom stereocenters. The van der Waals surface area contributed by atoms with Crippen LogP contribution >= 0.6 is 0 Å². The van der Waals surface area contributed by atoms with Crippen LogP contribution < -0.4 is 5.73 Å². The van der Waals surface area contributed by atoms with Crippen LogP contribution in [-0.2, 0) is 4.74 Å². The second-order valence-corrected chi connectivity index (χ2v) is 2.31. The summed E-state index contributed by atoms with van der Waals surface area (Å²) in [5, 5.41) is 0. The van der Waals surface area contributed by atoms with Gasteiger partial charge in [0.2, 0.25) is 0 Å². The quantitative estimate of drug-likeness (QED) is 0.696. The van der Waals surface area contributed by atoms with Gasteiger partial charge >= 0.3 is 5.97 Å². The number of esters is 1. The summed E-state index contributed by atoms with van der Waals surface area (Å²) >= 11 is 0. The molecule has 13 heavy (non-hydrogen) atoms. The van der Waals surface area contributed by atoms with Crippen molar-refractivity contribution in [1.29, 1.82) is 0 Å². The summed E-state index contributed by atoms with van der Waals surface area (Å²) < 4.78 is 17.6. The minimum Gasteiger partial charge on any atom is -0.462 e. The second kappa shape index (κ2) is 3.84. The third-order valence-corrected chi connectivity index (χ3v) is 1.37. The number of aromatic nitrogens is 1. The number of rotatable bonds is 2. The smallest absolute Gasteiger partial charge is 0.342 e. The monoisotopic (exact) mass is 184 g/mol. The van der Waals surface area contributed by atoms with E-state index in [4.69, 9.17) is 5.73 Å². The van der Waals surface area contributed by atoms with Crippen molar-refractivity contribution in [2.45, 2.75) is 6.92 Å². The molecule has 0 bridgehead atoms. The number of pyridine rings is 1. The van der Waals surface area contributed by atoms with Crippen LogP contribution in [0, 0.1) is 5.82 Å². The molecule has 2 N–H and O–H groups in total. The van der Waals surface area contributed by atoms with Crippen LogP contribution in [0.4, 0.5) is 10.2 Å². The maximum atomic E-state index is 13.0. The first-order valence-electron chi connectivity index (χ1n) is 3.73. The molecule has 0 saturated carbocycles. The second-order valence-electron chi connectivity index (χ2n) is 2.31. The first-order chi connectivity index (χ1) is 6.15. The van der Waals surface area contributed by atoms with Crippen LogP contribution in [-0.4, -0.2) is 17.6 Å². The maximum Gasteiger partial charge on any atom is 0.342 e. The topological polar surface area (TPSA) is 65.2 Å². The molecule has 1 aromatic rings. The summed E-state index contributed by atoms with van der Waals surface area (Å²) in [5.41, 5.74) is 5.00. The number of halogens is 1. The fourth-order valence-corrected chi connectivity index (χ4v) is 0.805. The van der Waals surface area contributed by atoms with E-state index in [9.17, 15) is 9.18 Å². The lowest BCUT2D eigenvalue weighted by molar-refractivity contribution is 0.0520. The zero-order chi connectivity index (χ0) is 9.84. The van der Waals surface area contributed by atoms with Crippen LogP contribution in [0.25, 0.3) is 0 Å². The molecule has 0 amide bonds. The van der Waals surface area contributed by atoms with Crippen molar-refractivity contribution in [2.75, 3.05) is 12.3 Å². The summed E-state index contributed by atoms with van der Waals surface area (Å²) in [5.74, 6) is -1.41. The van der Waals surface area contributed by atoms with E-state index in [1.54, 1.807) is 6.92 Å². The first-order valence-corrected chi connectivity index (χ1v) is 3.73. The van der Waals surface area contributed by atoms with Crippen molar-refractivity contribution in [2.24, 2.45) is 0 Å². The number of carbonyl (C=O) groups excluding carboxylic acids is 1. The van der Waals surface area contributed by atoms with Crippen LogP contribution in [0.1, 0.15) is 17.3 Å². The minimum atomic E-state index is -0.729. The molecule has 0 radical (unpaired) electrons. The maximum absolute atomic E-state index is 13.0. The van der Waals surface area contributed by atoms with Gasteiger partial charge in [0.25, 0.3) is 0 Å². The van der Waals surface area contributed by atoms with Crippen molar-refractivity contribution < 1.29 is 13.9 Å². The van der Waals surface area contributed by atoms with E-state index in [0.717, 1.165) is 12.3 Å². The summed E-state index contributed by atoms with van der Waals surface area (Å²) in [4.78, 5) is 14.6. The average molecular weight is 184 g/mol. The molecule has 1 rings (SSSR count). The van der Waals surface area contributed by atoms with Gasteiger partial charge in [0, 0.05) is 12.3 Å². The lowest BCUT2D eigenvalue weighted by atomic mass is 10.2. The van der Waals surface area contributed by atoms with Gasteiger partial charge in [0.15, 0.2) is 0 Å². The Morgan fingerprint density at radius 1 is 1.77 bits per heavy atom. The highest BCUT2D eigenvalue weighted by Gasteiger charge is 2.12. The van der Waals surface area contributed by atoms with Crippen LogP contribution in [0.15, 0.2) is 12.3 Å². The summed E-state index contributed by atoms with van der Waals surface area (Å²) in [6, 6.07) is 0.978. The summed E-state index contributed by atoms with van der Waals surface area (Å²) in [7, 11) is 0. The predicted octanol–water partition coefficient (Wildman–Crippen LogP) is 0.980. The number of hydrogen-bond acceptors (Lipinski definition) is 4. The van der Waals surface area contributed by atoms with Crippen LogP contribution in [0.2, 0.25) is 0 Å². The zero-order valence-electron chi connectivity index (χ0n) is 7.08. The number of ether oxygens (including phenoxy) is 1. The first kappa shape index (κ1) is 9.44. The molecule has 1 heterocycles. The number of nitrogens with zero attached hydrogens (tertiary/aromatic N) is 1. The molecule has 0 fully saturated rings. The fourth-order valence-electron chi connectivity index (χ4n) is 0.805. The van der Waals surface area contributed by atoms with Gasteiger partial charge in [0.05, 0.1) is 6.61 Å². The van der Waals surface area contributed by atoms with Crippen molar-refractivity contribution in [3.8, 4) is 0 Å². The van der Waals surface area contributed by atoms with Gasteiger partial charge < -0.3 is 10.5 Å². The third-order valence-electron chi connectivity index (χ3n) is 1.37. The standard InChI is InChI=1S/C8H9FN2O2/c1-2-13-8(12)5-4-11-7(10)3-6(5)9/h3-4H,2H2,1H3,(H2,10,11). The van der Waals surface area contributed by atoms with Crippen molar-refractivity contribution in [3.05, 3.63) is 23.6 Å². The molecule has 0 aliphatic rings. The van der Waals surface area contributed by atoms with Gasteiger partial charge in [-0.2, -0.15) is 0 Å². The Kier molecular flexibility index (Phi) is 2.79. The minimum absolute atomic E-state index is 0.0329. The molecule has 0 aliphatic carbocycles. The molecule has 0 saturated heterocycles. The molecule has 0 spiro atoms. The Bertz CT molecular complexity index is 328. The van der Waals surface area contributed by atoms with Gasteiger partial charge in [0.1, 0.15) is 17.2 Å². The van der Waals surface area contributed by atoms with E-state index in [1.807, 2.05) is 0 Å². The van der Waals surface area contributed by atoms with Gasteiger partial charge in [-0.1, -0.05) is 0 Å². The number of anilines is 1. The SMILES string of the molecule is CCOC(=O)c1cnc(N)cc1F. The van der Waals surface area contributed by atoms with E-state index in [2.05, 4.69) is 9.72 Å². The number of carbonyl (C=O) groups is 1. The van der Waals surface area contributed by atoms with Gasteiger partial charge in [-0.25, -0.2) is 14.2 Å². The Morgan fingerprint density at radius 3 is 3.00 bits per heavy atom. The van der Waals surface area contributed by atoms with Gasteiger partial charge in [-0.05, 0) is 6.92 Å². The molecule has 0 unspecified atom stereocenters. The van der Waals surface area contributed by atoms with Gasteiger partial charge in [-0.15, -0.1) is 0 Å². The van der Waals surface area contributed by atoms with Crippen molar-refractivity contribution in [1.82, 2.24) is 4.98 Å². The van der Waals surface area contributed by atoms with Crippen LogP contribution in [0.3, 0.4) is 0 Å². The normalized spacial score (nSPS) is 9.69. The highest BCUT2D eigenvalue weighted by atomic mass is 19.1. The van der Waals surface area contributed by atoms with E-state index in [1.165, 1.54) is 0 Å². The number of hydrogen-bond donors (Lipinski definition) is 1. The highest BCUT2D eigenvalue weighted by Crippen LogP contribution is 2.09. The Hall–Kier alpha value is -1.65. The largest absolute Gasteiger partial charge is 0.462 e. The Balaban J connectivity index is 2.95. The fraction of sp³-hybridized carbons (Fsp3) is 0.250.